The number of carbonyl (C=O) groups excluding carboxylic acids is 1. The Labute approximate surface area is 120 Å². The van der Waals surface area contributed by atoms with Gasteiger partial charge in [0.05, 0.1) is 5.56 Å². The van der Waals surface area contributed by atoms with Crippen LogP contribution >= 0.6 is 0 Å². The van der Waals surface area contributed by atoms with E-state index in [9.17, 15) is 13.6 Å². The van der Waals surface area contributed by atoms with Gasteiger partial charge in [-0.3, -0.25) is 4.79 Å². The van der Waals surface area contributed by atoms with Gasteiger partial charge in [0.2, 0.25) is 5.78 Å². The van der Waals surface area contributed by atoms with Crippen LogP contribution in [0.15, 0.2) is 36.5 Å². The maximum absolute atomic E-state index is 14.1. The number of benzene rings is 2. The monoisotopic (exact) mass is 285 g/mol. The Morgan fingerprint density at radius 1 is 1.10 bits per heavy atom. The van der Waals surface area contributed by atoms with Crippen LogP contribution in [0.25, 0.3) is 10.9 Å². The Morgan fingerprint density at radius 3 is 2.62 bits per heavy atom. The van der Waals surface area contributed by atoms with Crippen molar-refractivity contribution in [2.45, 2.75) is 13.8 Å². The minimum Gasteiger partial charge on any atom is -0.360 e. The molecule has 3 aromatic rings. The molecule has 0 bridgehead atoms. The van der Waals surface area contributed by atoms with Crippen molar-refractivity contribution in [3.8, 4) is 0 Å². The van der Waals surface area contributed by atoms with E-state index in [1.165, 1.54) is 19.2 Å². The van der Waals surface area contributed by atoms with Crippen LogP contribution in [-0.4, -0.2) is 10.8 Å². The van der Waals surface area contributed by atoms with Crippen molar-refractivity contribution in [1.29, 1.82) is 0 Å². The van der Waals surface area contributed by atoms with Crippen LogP contribution in [0.1, 0.15) is 27.0 Å². The molecule has 0 saturated heterocycles. The van der Waals surface area contributed by atoms with Gasteiger partial charge in [-0.25, -0.2) is 8.78 Å². The zero-order valence-electron chi connectivity index (χ0n) is 11.6. The summed E-state index contributed by atoms with van der Waals surface area (Å²) in [5.74, 6) is -2.29. The molecule has 21 heavy (non-hydrogen) atoms. The molecule has 106 valence electrons. The molecular weight excluding hydrogens is 272 g/mol. The number of hydrogen-bond acceptors (Lipinski definition) is 1. The highest BCUT2D eigenvalue weighted by Gasteiger charge is 2.22. The molecule has 0 atom stereocenters. The first kappa shape index (κ1) is 13.5. The lowest BCUT2D eigenvalue weighted by Crippen LogP contribution is -2.08. The summed E-state index contributed by atoms with van der Waals surface area (Å²) >= 11 is 0. The molecule has 0 radical (unpaired) electrons. The quantitative estimate of drug-likeness (QED) is 0.700. The van der Waals surface area contributed by atoms with Crippen molar-refractivity contribution >= 4 is 16.7 Å². The first-order valence-electron chi connectivity index (χ1n) is 6.56. The van der Waals surface area contributed by atoms with Gasteiger partial charge in [0.25, 0.3) is 0 Å². The molecule has 1 aromatic heterocycles. The van der Waals surface area contributed by atoms with E-state index < -0.39 is 23.0 Å². The summed E-state index contributed by atoms with van der Waals surface area (Å²) in [4.78, 5) is 15.5. The predicted octanol–water partition coefficient (Wildman–Crippen LogP) is 4.29. The number of hydrogen-bond donors (Lipinski definition) is 1. The van der Waals surface area contributed by atoms with Crippen molar-refractivity contribution in [2.24, 2.45) is 0 Å². The summed E-state index contributed by atoms with van der Waals surface area (Å²) in [6, 6.07) is 8.00. The van der Waals surface area contributed by atoms with Crippen LogP contribution in [0.2, 0.25) is 0 Å². The summed E-state index contributed by atoms with van der Waals surface area (Å²) in [5, 5.41) is 0.667. The minimum atomic E-state index is -0.842. The molecule has 1 heterocycles. The Bertz CT molecular complexity index is 865. The van der Waals surface area contributed by atoms with Gasteiger partial charge in [0.15, 0.2) is 0 Å². The predicted molar refractivity (Wildman–Crippen MR) is 77.6 cm³/mol. The highest BCUT2D eigenvalue weighted by Crippen LogP contribution is 2.25. The molecule has 0 fully saturated rings. The Balaban J connectivity index is 2.22. The van der Waals surface area contributed by atoms with Crippen molar-refractivity contribution in [2.75, 3.05) is 0 Å². The van der Waals surface area contributed by atoms with Gasteiger partial charge in [0, 0.05) is 22.7 Å². The van der Waals surface area contributed by atoms with Gasteiger partial charge in [-0.15, -0.1) is 0 Å². The number of rotatable bonds is 2. The van der Waals surface area contributed by atoms with Gasteiger partial charge in [-0.2, -0.15) is 0 Å². The lowest BCUT2D eigenvalue weighted by Gasteiger charge is -2.06. The summed E-state index contributed by atoms with van der Waals surface area (Å²) in [6.45, 7) is 3.40. The zero-order chi connectivity index (χ0) is 15.1. The van der Waals surface area contributed by atoms with Crippen molar-refractivity contribution in [3.05, 3.63) is 70.4 Å². The molecule has 0 unspecified atom stereocenters. The van der Waals surface area contributed by atoms with Gasteiger partial charge in [-0.05, 0) is 37.6 Å². The van der Waals surface area contributed by atoms with Crippen molar-refractivity contribution in [1.82, 2.24) is 4.98 Å². The Kier molecular flexibility index (Phi) is 3.09. The first-order chi connectivity index (χ1) is 9.99. The molecule has 4 heteroatoms. The fourth-order valence-corrected chi connectivity index (χ4v) is 2.42. The molecule has 0 aliphatic carbocycles. The first-order valence-corrected chi connectivity index (χ1v) is 6.56. The van der Waals surface area contributed by atoms with Gasteiger partial charge >= 0.3 is 0 Å². The molecular formula is C17H13F2NO. The smallest absolute Gasteiger partial charge is 0.201 e. The lowest BCUT2D eigenvalue weighted by molar-refractivity contribution is 0.103. The Hall–Kier alpha value is -2.49. The summed E-state index contributed by atoms with van der Waals surface area (Å²) < 4.78 is 28.0. The second kappa shape index (κ2) is 4.81. The van der Waals surface area contributed by atoms with E-state index in [0.29, 0.717) is 5.39 Å². The Morgan fingerprint density at radius 2 is 1.86 bits per heavy atom. The number of carbonyl (C=O) groups is 1. The molecule has 0 amide bonds. The SMILES string of the molecule is Cc1ccc2[nH]cc(C(=O)c3c(F)ccc(C)c3F)c2c1. The summed E-state index contributed by atoms with van der Waals surface area (Å²) in [5.41, 5.74) is 1.75. The van der Waals surface area contributed by atoms with E-state index >= 15 is 0 Å². The molecule has 0 aliphatic rings. The third kappa shape index (κ3) is 2.13. The van der Waals surface area contributed by atoms with Crippen LogP contribution in [0, 0.1) is 25.5 Å². The summed E-state index contributed by atoms with van der Waals surface area (Å²) in [6.07, 6.45) is 1.49. The number of fused-ring (bicyclic) bond motifs is 1. The molecule has 3 rings (SSSR count). The van der Waals surface area contributed by atoms with E-state index in [1.54, 1.807) is 0 Å². The highest BCUT2D eigenvalue weighted by molar-refractivity contribution is 6.16. The average Bonchev–Trinajstić information content (AvgIpc) is 2.86. The second-order valence-corrected chi connectivity index (χ2v) is 5.13. The maximum Gasteiger partial charge on any atom is 0.201 e. The fraction of sp³-hybridized carbons (Fsp3) is 0.118. The fourth-order valence-electron chi connectivity index (χ4n) is 2.42. The molecule has 2 nitrogen and oxygen atoms in total. The van der Waals surface area contributed by atoms with Crippen LogP contribution < -0.4 is 0 Å². The van der Waals surface area contributed by atoms with E-state index in [-0.39, 0.29) is 11.1 Å². The summed E-state index contributed by atoms with van der Waals surface area (Å²) in [7, 11) is 0. The van der Waals surface area contributed by atoms with E-state index in [0.717, 1.165) is 17.1 Å². The van der Waals surface area contributed by atoms with Crippen LogP contribution in [0.5, 0.6) is 0 Å². The van der Waals surface area contributed by atoms with Gasteiger partial charge in [-0.1, -0.05) is 17.7 Å². The zero-order valence-corrected chi connectivity index (χ0v) is 11.6. The number of aryl methyl sites for hydroxylation is 2. The number of ketones is 1. The second-order valence-electron chi connectivity index (χ2n) is 5.13. The molecule has 0 aliphatic heterocycles. The van der Waals surface area contributed by atoms with Crippen LogP contribution in [-0.2, 0) is 0 Å². The van der Waals surface area contributed by atoms with Crippen LogP contribution in [0.3, 0.4) is 0 Å². The minimum absolute atomic E-state index is 0.246. The number of nitrogens with one attached hydrogen (secondary N) is 1. The largest absolute Gasteiger partial charge is 0.360 e. The number of H-pyrrole nitrogens is 1. The van der Waals surface area contributed by atoms with E-state index in [1.807, 2.05) is 25.1 Å². The highest BCUT2D eigenvalue weighted by atomic mass is 19.1. The number of halogens is 2. The third-order valence-corrected chi connectivity index (χ3v) is 3.59. The third-order valence-electron chi connectivity index (χ3n) is 3.59. The number of aromatic nitrogens is 1. The molecule has 0 saturated carbocycles. The topological polar surface area (TPSA) is 32.9 Å². The van der Waals surface area contributed by atoms with Crippen molar-refractivity contribution in [3.63, 3.8) is 0 Å². The van der Waals surface area contributed by atoms with Gasteiger partial charge in [0.1, 0.15) is 11.6 Å². The van der Waals surface area contributed by atoms with E-state index in [2.05, 4.69) is 4.98 Å². The standard InChI is InChI=1S/C17H13F2NO/c1-9-3-6-14-11(7-9)12(8-20-14)17(21)15-13(18)5-4-10(2)16(15)19/h3-8,20H,1-2H3. The number of aromatic amines is 1. The molecule has 0 spiro atoms. The average molecular weight is 285 g/mol. The van der Waals surface area contributed by atoms with E-state index in [4.69, 9.17) is 0 Å². The lowest BCUT2D eigenvalue weighted by atomic mass is 9.99. The van der Waals surface area contributed by atoms with Crippen molar-refractivity contribution < 1.29 is 13.6 Å². The maximum atomic E-state index is 14.1. The molecule has 1 N–H and O–H groups in total. The molecule has 2 aromatic carbocycles. The van der Waals surface area contributed by atoms with Gasteiger partial charge < -0.3 is 4.98 Å². The normalized spacial score (nSPS) is 11.0. The van der Waals surface area contributed by atoms with Crippen LogP contribution in [0.4, 0.5) is 8.78 Å².